The highest BCUT2D eigenvalue weighted by molar-refractivity contribution is 5.93. The summed E-state index contributed by atoms with van der Waals surface area (Å²) >= 11 is 0. The van der Waals surface area contributed by atoms with Crippen LogP contribution < -0.4 is 10.6 Å². The second kappa shape index (κ2) is 8.84. The highest BCUT2D eigenvalue weighted by Gasteiger charge is 2.29. The van der Waals surface area contributed by atoms with Crippen LogP contribution in [0.3, 0.4) is 0 Å². The van der Waals surface area contributed by atoms with E-state index in [1.165, 1.54) is 12.8 Å². The Morgan fingerprint density at radius 1 is 0.821 bits per heavy atom. The van der Waals surface area contributed by atoms with Gasteiger partial charge in [0.2, 0.25) is 0 Å². The Balaban J connectivity index is 1.62. The maximum Gasteiger partial charge on any atom is 0.322 e. The highest BCUT2D eigenvalue weighted by Crippen LogP contribution is 2.26. The Morgan fingerprint density at radius 2 is 1.25 bits per heavy atom. The third kappa shape index (κ3) is 4.59. The number of rotatable bonds is 2. The van der Waals surface area contributed by atoms with Gasteiger partial charge in [-0.2, -0.15) is 0 Å². The molecule has 6 nitrogen and oxygen atoms in total. The molecule has 3 rings (SSSR count). The van der Waals surface area contributed by atoms with E-state index in [1.807, 2.05) is 34.1 Å². The van der Waals surface area contributed by atoms with Gasteiger partial charge in [0.1, 0.15) is 0 Å². The van der Waals surface area contributed by atoms with Crippen LogP contribution in [0.25, 0.3) is 0 Å². The SMILES string of the molecule is C[C@@H]1CCCN(C(=O)Nc2cccc(NC(=O)N3CCC[C@@H](C)[C@@H]3C)c2)[C@@H]1C. The number of nitrogens with one attached hydrogen (secondary N) is 2. The number of hydrogen-bond donors (Lipinski definition) is 2. The van der Waals surface area contributed by atoms with E-state index in [0.29, 0.717) is 23.2 Å². The normalized spacial score (nSPS) is 28.0. The average Bonchev–Trinajstić information content (AvgIpc) is 2.66. The molecular formula is C22H34N4O2. The van der Waals surface area contributed by atoms with Gasteiger partial charge in [0.05, 0.1) is 0 Å². The summed E-state index contributed by atoms with van der Waals surface area (Å²) in [6.45, 7) is 10.2. The Morgan fingerprint density at radius 3 is 1.68 bits per heavy atom. The van der Waals surface area contributed by atoms with Gasteiger partial charge in [0, 0.05) is 36.5 Å². The van der Waals surface area contributed by atoms with Crippen LogP contribution >= 0.6 is 0 Å². The summed E-state index contributed by atoms with van der Waals surface area (Å²) in [6, 6.07) is 7.73. The van der Waals surface area contributed by atoms with E-state index in [-0.39, 0.29) is 24.1 Å². The maximum absolute atomic E-state index is 12.7. The van der Waals surface area contributed by atoms with Crippen LogP contribution in [0.4, 0.5) is 21.0 Å². The van der Waals surface area contributed by atoms with Gasteiger partial charge in [0.15, 0.2) is 0 Å². The molecule has 154 valence electrons. The largest absolute Gasteiger partial charge is 0.322 e. The van der Waals surface area contributed by atoms with Crippen molar-refractivity contribution >= 4 is 23.4 Å². The molecule has 0 saturated carbocycles. The first-order valence-electron chi connectivity index (χ1n) is 10.6. The van der Waals surface area contributed by atoms with Crippen LogP contribution in [0, 0.1) is 11.8 Å². The molecule has 1 aromatic rings. The number of piperidine rings is 2. The summed E-state index contributed by atoms with van der Waals surface area (Å²) in [5.41, 5.74) is 1.40. The second-order valence-corrected chi connectivity index (χ2v) is 8.55. The summed E-state index contributed by atoms with van der Waals surface area (Å²) < 4.78 is 0. The van der Waals surface area contributed by atoms with Crippen molar-refractivity contribution in [1.29, 1.82) is 0 Å². The number of carbonyl (C=O) groups is 2. The van der Waals surface area contributed by atoms with Crippen molar-refractivity contribution < 1.29 is 9.59 Å². The third-order valence-electron chi connectivity index (χ3n) is 6.63. The molecule has 0 bridgehead atoms. The Hall–Kier alpha value is -2.24. The van der Waals surface area contributed by atoms with E-state index in [2.05, 4.69) is 38.3 Å². The average molecular weight is 387 g/mol. The van der Waals surface area contributed by atoms with Crippen LogP contribution in [-0.4, -0.2) is 47.0 Å². The molecule has 2 aliphatic rings. The smallest absolute Gasteiger partial charge is 0.322 e. The van der Waals surface area contributed by atoms with Crippen LogP contribution in [0.2, 0.25) is 0 Å². The van der Waals surface area contributed by atoms with Gasteiger partial charge in [-0.15, -0.1) is 0 Å². The fourth-order valence-corrected chi connectivity index (χ4v) is 4.31. The van der Waals surface area contributed by atoms with Crippen molar-refractivity contribution in [3.05, 3.63) is 24.3 Å². The number of benzene rings is 1. The van der Waals surface area contributed by atoms with Crippen molar-refractivity contribution in [2.75, 3.05) is 23.7 Å². The Labute approximate surface area is 168 Å². The van der Waals surface area contributed by atoms with E-state index < -0.39 is 0 Å². The standard InChI is InChI=1S/C22H34N4O2/c1-15-8-6-12-25(17(15)3)21(27)23-19-10-5-11-20(14-19)24-22(28)26-13-7-9-16(2)18(26)4/h5,10-11,14-18H,6-9,12-13H2,1-4H3,(H,23,27)(H,24,28)/t15-,16-,17-,18+/m1/s1. The van der Waals surface area contributed by atoms with Gasteiger partial charge in [-0.25, -0.2) is 9.59 Å². The number of likely N-dealkylation sites (tertiary alicyclic amines) is 2. The first-order chi connectivity index (χ1) is 13.4. The van der Waals surface area contributed by atoms with Crippen molar-refractivity contribution in [1.82, 2.24) is 9.80 Å². The summed E-state index contributed by atoms with van der Waals surface area (Å²) in [5, 5.41) is 5.99. The minimum Gasteiger partial charge on any atom is -0.322 e. The van der Waals surface area contributed by atoms with Gasteiger partial charge in [0.25, 0.3) is 0 Å². The Bertz CT molecular complexity index is 652. The number of amides is 4. The van der Waals surface area contributed by atoms with Crippen molar-refractivity contribution in [3.63, 3.8) is 0 Å². The zero-order chi connectivity index (χ0) is 20.3. The van der Waals surface area contributed by atoms with Crippen molar-refractivity contribution in [2.45, 2.75) is 65.5 Å². The molecule has 0 aliphatic carbocycles. The third-order valence-corrected chi connectivity index (χ3v) is 6.63. The lowest BCUT2D eigenvalue weighted by Crippen LogP contribution is -2.48. The monoisotopic (exact) mass is 386 g/mol. The molecule has 4 atom stereocenters. The molecule has 0 unspecified atom stereocenters. The molecule has 2 fully saturated rings. The summed E-state index contributed by atoms with van der Waals surface area (Å²) in [6.07, 6.45) is 4.42. The summed E-state index contributed by atoms with van der Waals surface area (Å²) in [7, 11) is 0. The lowest BCUT2D eigenvalue weighted by molar-refractivity contribution is 0.138. The first-order valence-corrected chi connectivity index (χ1v) is 10.6. The number of carbonyl (C=O) groups excluding carboxylic acids is 2. The zero-order valence-electron chi connectivity index (χ0n) is 17.6. The highest BCUT2D eigenvalue weighted by atomic mass is 16.2. The predicted octanol–water partition coefficient (Wildman–Crippen LogP) is 4.99. The topological polar surface area (TPSA) is 64.7 Å². The van der Waals surface area contributed by atoms with Crippen LogP contribution in [0.5, 0.6) is 0 Å². The fourth-order valence-electron chi connectivity index (χ4n) is 4.31. The summed E-state index contributed by atoms with van der Waals surface area (Å²) in [5.74, 6) is 1.03. The molecule has 4 amide bonds. The fraction of sp³-hybridized carbons (Fsp3) is 0.636. The van der Waals surface area contributed by atoms with Crippen molar-refractivity contribution in [3.8, 4) is 0 Å². The van der Waals surface area contributed by atoms with E-state index >= 15 is 0 Å². The Kier molecular flexibility index (Phi) is 6.47. The lowest BCUT2D eigenvalue weighted by Gasteiger charge is -2.38. The first kappa shape index (κ1) is 20.5. The lowest BCUT2D eigenvalue weighted by atomic mass is 9.92. The molecule has 0 spiro atoms. The molecule has 2 saturated heterocycles. The number of anilines is 2. The van der Waals surface area contributed by atoms with Crippen LogP contribution in [0.15, 0.2) is 24.3 Å². The molecule has 2 heterocycles. The quantitative estimate of drug-likeness (QED) is 0.752. The van der Waals surface area contributed by atoms with E-state index in [0.717, 1.165) is 25.9 Å². The van der Waals surface area contributed by atoms with Gasteiger partial charge in [-0.1, -0.05) is 19.9 Å². The number of nitrogens with zero attached hydrogens (tertiary/aromatic N) is 2. The van der Waals surface area contributed by atoms with Crippen molar-refractivity contribution in [2.24, 2.45) is 11.8 Å². The summed E-state index contributed by atoms with van der Waals surface area (Å²) in [4.78, 5) is 29.2. The number of urea groups is 2. The maximum atomic E-state index is 12.7. The molecule has 1 aromatic carbocycles. The van der Waals surface area contributed by atoms with E-state index in [9.17, 15) is 9.59 Å². The van der Waals surface area contributed by atoms with Gasteiger partial charge in [-0.05, 0) is 69.6 Å². The zero-order valence-corrected chi connectivity index (χ0v) is 17.6. The van der Waals surface area contributed by atoms with Gasteiger partial charge < -0.3 is 20.4 Å². The van der Waals surface area contributed by atoms with E-state index in [4.69, 9.17) is 0 Å². The van der Waals surface area contributed by atoms with Crippen LogP contribution in [-0.2, 0) is 0 Å². The minimum absolute atomic E-state index is 0.0685. The molecule has 0 radical (unpaired) electrons. The molecule has 28 heavy (non-hydrogen) atoms. The minimum atomic E-state index is -0.0685. The molecule has 6 heteroatoms. The molecule has 2 aliphatic heterocycles. The van der Waals surface area contributed by atoms with E-state index in [1.54, 1.807) is 0 Å². The molecule has 0 aromatic heterocycles. The predicted molar refractivity (Wildman–Crippen MR) is 114 cm³/mol. The van der Waals surface area contributed by atoms with Gasteiger partial charge >= 0.3 is 12.1 Å². The second-order valence-electron chi connectivity index (χ2n) is 8.55. The molecule has 2 N–H and O–H groups in total. The number of hydrogen-bond acceptors (Lipinski definition) is 2. The van der Waals surface area contributed by atoms with Crippen LogP contribution in [0.1, 0.15) is 53.4 Å². The molecular weight excluding hydrogens is 352 g/mol. The van der Waals surface area contributed by atoms with Gasteiger partial charge in [-0.3, -0.25) is 0 Å².